The van der Waals surface area contributed by atoms with Gasteiger partial charge in [-0.3, -0.25) is 0 Å². The molecular weight excluding hydrogens is 250 g/mol. The van der Waals surface area contributed by atoms with Crippen molar-refractivity contribution < 1.29 is 0 Å². The van der Waals surface area contributed by atoms with Crippen LogP contribution in [0.5, 0.6) is 0 Å². The second kappa shape index (κ2) is 7.17. The van der Waals surface area contributed by atoms with E-state index in [2.05, 4.69) is 43.3 Å². The molecule has 0 radical (unpaired) electrons. The topological polar surface area (TPSA) is 12.0 Å². The zero-order valence-electron chi connectivity index (χ0n) is 13.0. The van der Waals surface area contributed by atoms with Crippen molar-refractivity contribution in [2.45, 2.75) is 63.5 Å². The van der Waals surface area contributed by atoms with Gasteiger partial charge in [-0.1, -0.05) is 37.8 Å². The van der Waals surface area contributed by atoms with Crippen LogP contribution in [0.4, 0.5) is 0 Å². The molecule has 2 aliphatic rings. The molecule has 0 amide bonds. The zero-order valence-corrected chi connectivity index (χ0v) is 13.8. The summed E-state index contributed by atoms with van der Waals surface area (Å²) in [6.07, 6.45) is 14.6. The van der Waals surface area contributed by atoms with Crippen LogP contribution < -0.4 is 5.32 Å². The Morgan fingerprint density at radius 2 is 2.05 bits per heavy atom. The van der Waals surface area contributed by atoms with Crippen LogP contribution in [0.1, 0.15) is 58.8 Å². The molecule has 2 aliphatic carbocycles. The van der Waals surface area contributed by atoms with Crippen LogP contribution >= 0.6 is 11.8 Å². The van der Waals surface area contributed by atoms with Crippen LogP contribution in [-0.4, -0.2) is 24.1 Å². The highest BCUT2D eigenvalue weighted by atomic mass is 32.2. The molecule has 2 atom stereocenters. The van der Waals surface area contributed by atoms with Gasteiger partial charge in [-0.2, -0.15) is 11.8 Å². The van der Waals surface area contributed by atoms with E-state index in [9.17, 15) is 0 Å². The summed E-state index contributed by atoms with van der Waals surface area (Å²) in [6, 6.07) is 0. The molecule has 2 unspecified atom stereocenters. The average molecular weight is 282 g/mol. The molecule has 1 N–H and O–H groups in total. The molecule has 2 rings (SSSR count). The van der Waals surface area contributed by atoms with Crippen molar-refractivity contribution in [3.8, 4) is 0 Å². The summed E-state index contributed by atoms with van der Waals surface area (Å²) in [7, 11) is 0. The lowest BCUT2D eigenvalue weighted by atomic mass is 9.83. The highest BCUT2D eigenvalue weighted by molar-refractivity contribution is 8.00. The van der Waals surface area contributed by atoms with Gasteiger partial charge in [-0.05, 0) is 57.2 Å². The first-order valence-corrected chi connectivity index (χ1v) is 9.29. The van der Waals surface area contributed by atoms with Crippen LogP contribution in [0.25, 0.3) is 0 Å². The third kappa shape index (κ3) is 4.53. The Morgan fingerprint density at radius 1 is 1.32 bits per heavy atom. The summed E-state index contributed by atoms with van der Waals surface area (Å²) in [5.41, 5.74) is 1.60. The standard InChI is InChI=1S/C17H31NS/c1-14-9-15(2)11-16(10-14)12-18-13-17(19-3)7-5-4-6-8-17/h9,14,16,18H,4-8,10-13H2,1-3H3. The molecule has 1 nitrogen and oxygen atoms in total. The molecule has 0 aromatic rings. The van der Waals surface area contributed by atoms with Gasteiger partial charge in [0.05, 0.1) is 0 Å². The fourth-order valence-corrected chi connectivity index (χ4v) is 4.94. The van der Waals surface area contributed by atoms with E-state index in [1.165, 1.54) is 58.0 Å². The lowest BCUT2D eigenvalue weighted by Gasteiger charge is -2.37. The van der Waals surface area contributed by atoms with Crippen LogP contribution in [0.2, 0.25) is 0 Å². The molecular formula is C17H31NS. The van der Waals surface area contributed by atoms with Gasteiger partial charge in [0.15, 0.2) is 0 Å². The summed E-state index contributed by atoms with van der Waals surface area (Å²) >= 11 is 2.11. The first-order valence-electron chi connectivity index (χ1n) is 8.07. The number of hydrogen-bond acceptors (Lipinski definition) is 2. The molecule has 0 aromatic carbocycles. The molecule has 19 heavy (non-hydrogen) atoms. The van der Waals surface area contributed by atoms with Crippen LogP contribution in [-0.2, 0) is 0 Å². The van der Waals surface area contributed by atoms with Gasteiger partial charge in [0.25, 0.3) is 0 Å². The molecule has 2 heteroatoms. The highest BCUT2D eigenvalue weighted by Crippen LogP contribution is 2.38. The Hall–Kier alpha value is 0.0500. The maximum absolute atomic E-state index is 3.81. The van der Waals surface area contributed by atoms with Crippen molar-refractivity contribution in [1.29, 1.82) is 0 Å². The first-order chi connectivity index (χ1) is 9.13. The van der Waals surface area contributed by atoms with Crippen molar-refractivity contribution in [2.24, 2.45) is 11.8 Å². The van der Waals surface area contributed by atoms with Crippen molar-refractivity contribution in [3.63, 3.8) is 0 Å². The molecule has 0 saturated heterocycles. The summed E-state index contributed by atoms with van der Waals surface area (Å²) < 4.78 is 0.545. The highest BCUT2D eigenvalue weighted by Gasteiger charge is 2.31. The van der Waals surface area contributed by atoms with Gasteiger partial charge in [0, 0.05) is 11.3 Å². The van der Waals surface area contributed by atoms with E-state index in [-0.39, 0.29) is 0 Å². The average Bonchev–Trinajstić information content (AvgIpc) is 2.39. The van der Waals surface area contributed by atoms with E-state index in [1.807, 2.05) is 0 Å². The van der Waals surface area contributed by atoms with Gasteiger partial charge in [0.1, 0.15) is 0 Å². The Labute approximate surface area is 124 Å². The lowest BCUT2D eigenvalue weighted by molar-refractivity contribution is 0.342. The van der Waals surface area contributed by atoms with Gasteiger partial charge < -0.3 is 5.32 Å². The largest absolute Gasteiger partial charge is 0.315 e. The summed E-state index contributed by atoms with van der Waals surface area (Å²) in [4.78, 5) is 0. The molecule has 1 saturated carbocycles. The second-order valence-corrected chi connectivity index (χ2v) is 8.15. The molecule has 1 fully saturated rings. The minimum absolute atomic E-state index is 0.545. The van der Waals surface area contributed by atoms with Crippen LogP contribution in [0.3, 0.4) is 0 Å². The smallest absolute Gasteiger partial charge is 0.0281 e. The predicted octanol–water partition coefficient (Wildman–Crippen LogP) is 4.63. The van der Waals surface area contributed by atoms with E-state index in [1.54, 1.807) is 5.57 Å². The van der Waals surface area contributed by atoms with E-state index in [0.29, 0.717) is 4.75 Å². The number of hydrogen-bond donors (Lipinski definition) is 1. The fraction of sp³-hybridized carbons (Fsp3) is 0.882. The number of thioether (sulfide) groups is 1. The van der Waals surface area contributed by atoms with Gasteiger partial charge in [0.2, 0.25) is 0 Å². The number of allylic oxidation sites excluding steroid dienone is 2. The second-order valence-electron chi connectivity index (χ2n) is 6.87. The number of rotatable bonds is 5. The summed E-state index contributed by atoms with van der Waals surface area (Å²) in [5.74, 6) is 1.65. The maximum Gasteiger partial charge on any atom is 0.0281 e. The SMILES string of the molecule is CSC1(CNCC2CC(C)=CC(C)C2)CCCCC1. The minimum atomic E-state index is 0.545. The van der Waals surface area contributed by atoms with E-state index in [4.69, 9.17) is 0 Å². The Balaban J connectivity index is 1.75. The van der Waals surface area contributed by atoms with E-state index >= 15 is 0 Å². The summed E-state index contributed by atoms with van der Waals surface area (Å²) in [5, 5.41) is 3.81. The summed E-state index contributed by atoms with van der Waals surface area (Å²) in [6.45, 7) is 7.10. The molecule has 0 aromatic heterocycles. The first kappa shape index (κ1) is 15.4. The minimum Gasteiger partial charge on any atom is -0.315 e. The Bertz CT molecular complexity index is 304. The van der Waals surface area contributed by atoms with E-state index in [0.717, 1.165) is 11.8 Å². The fourth-order valence-electron chi connectivity index (χ4n) is 4.00. The normalized spacial score (nSPS) is 31.0. The zero-order chi connectivity index (χ0) is 13.7. The van der Waals surface area contributed by atoms with Gasteiger partial charge in [-0.15, -0.1) is 0 Å². The lowest BCUT2D eigenvalue weighted by Crippen LogP contribution is -2.41. The van der Waals surface area contributed by atoms with Crippen LogP contribution in [0, 0.1) is 11.8 Å². The Kier molecular flexibility index (Phi) is 5.83. The molecule has 0 heterocycles. The van der Waals surface area contributed by atoms with Crippen LogP contribution in [0.15, 0.2) is 11.6 Å². The molecule has 0 spiro atoms. The van der Waals surface area contributed by atoms with Crippen molar-refractivity contribution >= 4 is 11.8 Å². The van der Waals surface area contributed by atoms with Crippen molar-refractivity contribution in [2.75, 3.05) is 19.3 Å². The van der Waals surface area contributed by atoms with Gasteiger partial charge in [-0.25, -0.2) is 0 Å². The van der Waals surface area contributed by atoms with Gasteiger partial charge >= 0.3 is 0 Å². The third-order valence-corrected chi connectivity index (χ3v) is 6.38. The maximum atomic E-state index is 3.81. The molecule has 110 valence electrons. The van der Waals surface area contributed by atoms with E-state index < -0.39 is 0 Å². The Morgan fingerprint density at radius 3 is 2.68 bits per heavy atom. The van der Waals surface area contributed by atoms with Crippen molar-refractivity contribution in [3.05, 3.63) is 11.6 Å². The number of nitrogens with one attached hydrogen (secondary N) is 1. The third-order valence-electron chi connectivity index (χ3n) is 4.96. The molecule has 0 bridgehead atoms. The molecule has 0 aliphatic heterocycles. The predicted molar refractivity (Wildman–Crippen MR) is 87.8 cm³/mol. The quantitative estimate of drug-likeness (QED) is 0.737. The monoisotopic (exact) mass is 281 g/mol. The van der Waals surface area contributed by atoms with Crippen molar-refractivity contribution in [1.82, 2.24) is 5.32 Å².